The second kappa shape index (κ2) is 6.58. The maximum atomic E-state index is 5.53. The quantitative estimate of drug-likeness (QED) is 0.845. The van der Waals surface area contributed by atoms with E-state index in [0.29, 0.717) is 12.6 Å². The largest absolute Gasteiger partial charge is 0.494 e. The van der Waals surface area contributed by atoms with Crippen molar-refractivity contribution in [3.63, 3.8) is 0 Å². The van der Waals surface area contributed by atoms with Crippen LogP contribution in [0.4, 0.5) is 0 Å². The summed E-state index contributed by atoms with van der Waals surface area (Å²) in [6, 6.07) is 6.84. The molecule has 0 heterocycles. The SMILES string of the molecule is CCNC(c1ccc(OCC)cc1Br)C1CCC1. The Labute approximate surface area is 118 Å². The lowest BCUT2D eigenvalue weighted by Crippen LogP contribution is -2.32. The molecule has 1 fully saturated rings. The summed E-state index contributed by atoms with van der Waals surface area (Å²) < 4.78 is 6.69. The van der Waals surface area contributed by atoms with Gasteiger partial charge in [0, 0.05) is 10.5 Å². The van der Waals surface area contributed by atoms with Crippen LogP contribution in [0.15, 0.2) is 22.7 Å². The van der Waals surface area contributed by atoms with Crippen LogP contribution in [-0.2, 0) is 0 Å². The molecule has 100 valence electrons. The molecule has 1 aliphatic carbocycles. The molecule has 3 heteroatoms. The summed E-state index contributed by atoms with van der Waals surface area (Å²) in [5.74, 6) is 1.73. The van der Waals surface area contributed by atoms with Crippen molar-refractivity contribution >= 4 is 15.9 Å². The van der Waals surface area contributed by atoms with E-state index in [1.165, 1.54) is 24.8 Å². The number of rotatable bonds is 6. The first-order valence-corrected chi connectivity index (χ1v) is 7.71. The molecule has 1 N–H and O–H groups in total. The van der Waals surface area contributed by atoms with Crippen molar-refractivity contribution in [1.29, 1.82) is 0 Å². The lowest BCUT2D eigenvalue weighted by molar-refractivity contribution is 0.232. The average Bonchev–Trinajstić information content (AvgIpc) is 2.27. The molecule has 1 saturated carbocycles. The number of hydrogen-bond acceptors (Lipinski definition) is 2. The highest BCUT2D eigenvalue weighted by molar-refractivity contribution is 9.10. The van der Waals surface area contributed by atoms with E-state index in [2.05, 4.69) is 46.4 Å². The Morgan fingerprint density at radius 3 is 2.67 bits per heavy atom. The van der Waals surface area contributed by atoms with Gasteiger partial charge in [-0.05, 0) is 49.9 Å². The third-order valence-electron chi connectivity index (χ3n) is 3.66. The fraction of sp³-hybridized carbons (Fsp3) is 0.600. The Hall–Kier alpha value is -0.540. The first-order valence-electron chi connectivity index (χ1n) is 6.91. The monoisotopic (exact) mass is 311 g/mol. The van der Waals surface area contributed by atoms with Gasteiger partial charge in [0.05, 0.1) is 6.61 Å². The van der Waals surface area contributed by atoms with Crippen LogP contribution in [0.1, 0.15) is 44.7 Å². The van der Waals surface area contributed by atoms with Crippen LogP contribution in [0.25, 0.3) is 0 Å². The third-order valence-corrected chi connectivity index (χ3v) is 4.35. The second-order valence-electron chi connectivity index (χ2n) is 4.84. The molecule has 0 spiro atoms. The number of benzene rings is 1. The molecule has 1 aromatic rings. The Bertz CT molecular complexity index is 390. The smallest absolute Gasteiger partial charge is 0.120 e. The lowest BCUT2D eigenvalue weighted by atomic mass is 9.77. The predicted octanol–water partition coefficient (Wildman–Crippen LogP) is 4.30. The minimum Gasteiger partial charge on any atom is -0.494 e. The summed E-state index contributed by atoms with van der Waals surface area (Å²) in [4.78, 5) is 0. The van der Waals surface area contributed by atoms with E-state index in [0.717, 1.165) is 22.7 Å². The van der Waals surface area contributed by atoms with Crippen molar-refractivity contribution in [1.82, 2.24) is 5.32 Å². The highest BCUT2D eigenvalue weighted by Gasteiger charge is 2.29. The fourth-order valence-corrected chi connectivity index (χ4v) is 3.14. The summed E-state index contributed by atoms with van der Waals surface area (Å²) in [6.45, 7) is 5.91. The van der Waals surface area contributed by atoms with Gasteiger partial charge in [0.25, 0.3) is 0 Å². The molecule has 0 saturated heterocycles. The summed E-state index contributed by atoms with van der Waals surface area (Å²) in [6.07, 6.45) is 4.07. The molecule has 0 bridgehead atoms. The van der Waals surface area contributed by atoms with E-state index >= 15 is 0 Å². The maximum absolute atomic E-state index is 5.53. The molecule has 2 rings (SSSR count). The molecule has 0 aliphatic heterocycles. The van der Waals surface area contributed by atoms with Crippen LogP contribution in [0.2, 0.25) is 0 Å². The number of ether oxygens (including phenoxy) is 1. The Balaban J connectivity index is 2.18. The van der Waals surface area contributed by atoms with Crippen molar-refractivity contribution in [2.45, 2.75) is 39.2 Å². The minimum atomic E-state index is 0.480. The summed E-state index contributed by atoms with van der Waals surface area (Å²) in [5, 5.41) is 3.62. The fourth-order valence-electron chi connectivity index (χ4n) is 2.54. The van der Waals surface area contributed by atoms with Crippen LogP contribution >= 0.6 is 15.9 Å². The van der Waals surface area contributed by atoms with E-state index < -0.39 is 0 Å². The third kappa shape index (κ3) is 3.07. The second-order valence-corrected chi connectivity index (χ2v) is 5.70. The Kier molecular flexibility index (Phi) is 5.07. The molecule has 1 unspecified atom stereocenters. The van der Waals surface area contributed by atoms with Crippen LogP contribution in [-0.4, -0.2) is 13.2 Å². The van der Waals surface area contributed by atoms with Gasteiger partial charge >= 0.3 is 0 Å². The Morgan fingerprint density at radius 1 is 1.39 bits per heavy atom. The zero-order valence-electron chi connectivity index (χ0n) is 11.2. The number of nitrogens with one attached hydrogen (secondary N) is 1. The van der Waals surface area contributed by atoms with Gasteiger partial charge in [-0.3, -0.25) is 0 Å². The summed E-state index contributed by atoms with van der Waals surface area (Å²) >= 11 is 3.69. The molecule has 0 radical (unpaired) electrons. The number of halogens is 1. The van der Waals surface area contributed by atoms with Crippen LogP contribution in [0, 0.1) is 5.92 Å². The summed E-state index contributed by atoms with van der Waals surface area (Å²) in [7, 11) is 0. The highest BCUT2D eigenvalue weighted by atomic mass is 79.9. The van der Waals surface area contributed by atoms with E-state index in [4.69, 9.17) is 4.74 Å². The summed E-state index contributed by atoms with van der Waals surface area (Å²) in [5.41, 5.74) is 1.37. The molecular formula is C15H22BrNO. The molecule has 1 atom stereocenters. The van der Waals surface area contributed by atoms with Crippen molar-refractivity contribution < 1.29 is 4.74 Å². The maximum Gasteiger partial charge on any atom is 0.120 e. The van der Waals surface area contributed by atoms with Gasteiger partial charge in [0.2, 0.25) is 0 Å². The van der Waals surface area contributed by atoms with Gasteiger partial charge in [-0.25, -0.2) is 0 Å². The van der Waals surface area contributed by atoms with E-state index in [1.54, 1.807) is 0 Å². The first-order chi connectivity index (χ1) is 8.76. The topological polar surface area (TPSA) is 21.3 Å². The number of hydrogen-bond donors (Lipinski definition) is 1. The highest BCUT2D eigenvalue weighted by Crippen LogP contribution is 2.40. The molecule has 0 amide bonds. The molecule has 1 aromatic carbocycles. The minimum absolute atomic E-state index is 0.480. The van der Waals surface area contributed by atoms with E-state index in [9.17, 15) is 0 Å². The zero-order chi connectivity index (χ0) is 13.0. The molecule has 18 heavy (non-hydrogen) atoms. The van der Waals surface area contributed by atoms with E-state index in [-0.39, 0.29) is 0 Å². The molecule has 1 aliphatic rings. The Morgan fingerprint density at radius 2 is 2.17 bits per heavy atom. The van der Waals surface area contributed by atoms with Crippen molar-refractivity contribution in [3.8, 4) is 5.75 Å². The van der Waals surface area contributed by atoms with E-state index in [1.807, 2.05) is 6.92 Å². The van der Waals surface area contributed by atoms with Gasteiger partial charge in [-0.1, -0.05) is 35.3 Å². The van der Waals surface area contributed by atoms with Gasteiger partial charge < -0.3 is 10.1 Å². The zero-order valence-corrected chi connectivity index (χ0v) is 12.8. The average molecular weight is 312 g/mol. The first kappa shape index (κ1) is 13.9. The van der Waals surface area contributed by atoms with Gasteiger partial charge in [0.1, 0.15) is 5.75 Å². The van der Waals surface area contributed by atoms with Gasteiger partial charge in [0.15, 0.2) is 0 Å². The van der Waals surface area contributed by atoms with Crippen molar-refractivity contribution in [3.05, 3.63) is 28.2 Å². The van der Waals surface area contributed by atoms with Crippen LogP contribution in [0.5, 0.6) is 5.75 Å². The van der Waals surface area contributed by atoms with Crippen LogP contribution < -0.4 is 10.1 Å². The molecule has 2 nitrogen and oxygen atoms in total. The van der Waals surface area contributed by atoms with Crippen molar-refractivity contribution in [2.24, 2.45) is 5.92 Å². The standard InChI is InChI=1S/C15H22BrNO/c1-3-17-15(11-6-5-7-11)13-9-8-12(18-4-2)10-14(13)16/h8-11,15,17H,3-7H2,1-2H3. The van der Waals surface area contributed by atoms with Crippen molar-refractivity contribution in [2.75, 3.05) is 13.2 Å². The predicted molar refractivity (Wildman–Crippen MR) is 79.1 cm³/mol. The normalized spacial score (nSPS) is 17.3. The molecular weight excluding hydrogens is 290 g/mol. The molecule has 0 aromatic heterocycles. The van der Waals surface area contributed by atoms with Gasteiger partial charge in [-0.2, -0.15) is 0 Å². The van der Waals surface area contributed by atoms with Gasteiger partial charge in [-0.15, -0.1) is 0 Å². The van der Waals surface area contributed by atoms with Crippen LogP contribution in [0.3, 0.4) is 0 Å². The lowest BCUT2D eigenvalue weighted by Gasteiger charge is -2.35.